The van der Waals surface area contributed by atoms with Gasteiger partial charge < -0.3 is 19.9 Å². The number of halogens is 6. The number of hydrogen-bond acceptors (Lipinski definition) is 6. The number of nitrogens with one attached hydrogen (secondary N) is 1. The van der Waals surface area contributed by atoms with E-state index in [4.69, 9.17) is 4.74 Å². The second kappa shape index (κ2) is 10.9. The van der Waals surface area contributed by atoms with Crippen molar-refractivity contribution < 1.29 is 50.5 Å². The summed E-state index contributed by atoms with van der Waals surface area (Å²) < 4.78 is 87.9. The molecule has 1 saturated heterocycles. The Morgan fingerprint density at radius 2 is 1.59 bits per heavy atom. The number of piperidine rings is 1. The molecule has 0 spiro atoms. The first kappa shape index (κ1) is 30.1. The van der Waals surface area contributed by atoms with Crippen molar-refractivity contribution in [3.8, 4) is 0 Å². The molecule has 0 aromatic carbocycles. The maximum Gasteiger partial charge on any atom is 0.437 e. The minimum absolute atomic E-state index is 0.0776. The van der Waals surface area contributed by atoms with Crippen LogP contribution < -0.4 is 5.32 Å². The number of fused-ring (bicyclic) bond motifs is 2. The Kier molecular flexibility index (Phi) is 8.40. The Hall–Kier alpha value is -1.82. The Labute approximate surface area is 223 Å². The lowest BCUT2D eigenvalue weighted by molar-refractivity contribution is -0.357. The molecule has 1 aliphatic heterocycles. The second-order valence-corrected chi connectivity index (χ2v) is 12.2. The highest BCUT2D eigenvalue weighted by atomic mass is 19.4. The van der Waals surface area contributed by atoms with Crippen LogP contribution in [-0.2, 0) is 19.1 Å². The van der Waals surface area contributed by atoms with E-state index in [9.17, 15) is 41.0 Å². The van der Waals surface area contributed by atoms with Gasteiger partial charge in [-0.25, -0.2) is 4.79 Å². The van der Waals surface area contributed by atoms with Gasteiger partial charge in [-0.1, -0.05) is 18.1 Å². The quantitative estimate of drug-likeness (QED) is 0.252. The summed E-state index contributed by atoms with van der Waals surface area (Å²) >= 11 is 0. The van der Waals surface area contributed by atoms with Crippen LogP contribution in [0.3, 0.4) is 0 Å². The van der Waals surface area contributed by atoms with Gasteiger partial charge in [0.2, 0.25) is 0 Å². The third-order valence-electron chi connectivity index (χ3n) is 9.34. The molecular weight excluding hydrogens is 532 g/mol. The molecule has 2 bridgehead atoms. The average molecular weight is 570 g/mol. The molecular formula is C27H37F6NO5. The number of esters is 2. The van der Waals surface area contributed by atoms with Gasteiger partial charge in [0.05, 0.1) is 12.5 Å². The number of carbonyl (C=O) groups is 2. The van der Waals surface area contributed by atoms with Crippen molar-refractivity contribution in [2.75, 3.05) is 19.7 Å². The highest BCUT2D eigenvalue weighted by Gasteiger charge is 2.76. The molecule has 5 atom stereocenters. The van der Waals surface area contributed by atoms with E-state index in [-0.39, 0.29) is 29.6 Å². The summed E-state index contributed by atoms with van der Waals surface area (Å²) in [6.07, 6.45) is -4.30. The van der Waals surface area contributed by atoms with Gasteiger partial charge >= 0.3 is 29.9 Å². The number of ether oxygens (including phenoxy) is 2. The monoisotopic (exact) mass is 569 g/mol. The summed E-state index contributed by atoms with van der Waals surface area (Å²) in [4.78, 5) is 24.9. The molecule has 4 rings (SSSR count). The summed E-state index contributed by atoms with van der Waals surface area (Å²) in [6, 6.07) is 0. The smallest absolute Gasteiger partial charge is 0.437 e. The van der Waals surface area contributed by atoms with E-state index in [1.165, 1.54) is 5.57 Å². The van der Waals surface area contributed by atoms with E-state index in [0.717, 1.165) is 45.2 Å². The van der Waals surface area contributed by atoms with Crippen molar-refractivity contribution >= 4 is 11.9 Å². The van der Waals surface area contributed by atoms with Gasteiger partial charge in [0.15, 0.2) is 0 Å². The standard InChI is InChI=1S/C27H37F6NO5/c1-24(2,20-6-8-34-9-7-20)39-22(35)16-5-3-4-15(10-16)21-13-17-11-18(21)12-19(17)14-38-23(36)25(37,26(28,29)30)27(31,32)33/h13,15-20,34,37H,3-12,14H2,1-2H3. The number of alkyl halides is 6. The molecule has 222 valence electrons. The molecule has 39 heavy (non-hydrogen) atoms. The fourth-order valence-corrected chi connectivity index (χ4v) is 7.01. The molecule has 0 aromatic rings. The summed E-state index contributed by atoms with van der Waals surface area (Å²) in [5.74, 6) is -3.19. The number of carbonyl (C=O) groups excluding carboxylic acids is 2. The van der Waals surface area contributed by atoms with Crippen LogP contribution in [0.4, 0.5) is 26.3 Å². The minimum Gasteiger partial charge on any atom is -0.463 e. The van der Waals surface area contributed by atoms with Gasteiger partial charge in [0.25, 0.3) is 0 Å². The number of hydrogen-bond donors (Lipinski definition) is 2. The van der Waals surface area contributed by atoms with Crippen LogP contribution >= 0.6 is 0 Å². The molecule has 2 saturated carbocycles. The van der Waals surface area contributed by atoms with Crippen molar-refractivity contribution in [3.63, 3.8) is 0 Å². The van der Waals surface area contributed by atoms with Crippen molar-refractivity contribution in [2.24, 2.45) is 35.5 Å². The van der Waals surface area contributed by atoms with E-state index < -0.39 is 42.0 Å². The highest BCUT2D eigenvalue weighted by molar-refractivity contribution is 5.81. The van der Waals surface area contributed by atoms with E-state index in [1.54, 1.807) is 0 Å². The van der Waals surface area contributed by atoms with Gasteiger partial charge in [-0.05, 0) is 95.6 Å². The topological polar surface area (TPSA) is 84.9 Å². The normalized spacial score (nSPS) is 30.7. The first-order chi connectivity index (χ1) is 18.0. The molecule has 2 N–H and O–H groups in total. The molecule has 5 unspecified atom stereocenters. The van der Waals surface area contributed by atoms with Crippen molar-refractivity contribution in [3.05, 3.63) is 11.6 Å². The Balaban J connectivity index is 1.33. The first-order valence-corrected chi connectivity index (χ1v) is 13.7. The molecule has 3 aliphatic carbocycles. The fraction of sp³-hybridized carbons (Fsp3) is 0.852. The van der Waals surface area contributed by atoms with Crippen LogP contribution in [0.2, 0.25) is 0 Å². The van der Waals surface area contributed by atoms with Gasteiger partial charge in [0.1, 0.15) is 5.60 Å². The van der Waals surface area contributed by atoms with E-state index in [2.05, 4.69) is 10.1 Å². The molecule has 0 aromatic heterocycles. The summed E-state index contributed by atoms with van der Waals surface area (Å²) in [5.41, 5.74) is -4.93. The SMILES string of the molecule is CC(C)(OC(=O)C1CCCC(C2=CC3CC2CC3COC(=O)C(O)(C(F)(F)F)C(F)(F)F)C1)C1CCNCC1. The van der Waals surface area contributed by atoms with Crippen molar-refractivity contribution in [1.82, 2.24) is 5.32 Å². The zero-order valence-corrected chi connectivity index (χ0v) is 22.2. The van der Waals surface area contributed by atoms with Crippen LogP contribution in [0.5, 0.6) is 0 Å². The van der Waals surface area contributed by atoms with Crippen molar-refractivity contribution in [2.45, 2.75) is 88.8 Å². The lowest BCUT2D eigenvalue weighted by Gasteiger charge is -2.39. The maximum atomic E-state index is 13.1. The van der Waals surface area contributed by atoms with Crippen LogP contribution in [0.25, 0.3) is 0 Å². The van der Waals surface area contributed by atoms with E-state index in [1.807, 2.05) is 19.9 Å². The Morgan fingerprint density at radius 3 is 2.15 bits per heavy atom. The van der Waals surface area contributed by atoms with Gasteiger partial charge in [-0.3, -0.25) is 4.79 Å². The van der Waals surface area contributed by atoms with Crippen molar-refractivity contribution in [1.29, 1.82) is 0 Å². The third-order valence-corrected chi connectivity index (χ3v) is 9.34. The average Bonchev–Trinajstić information content (AvgIpc) is 3.46. The van der Waals surface area contributed by atoms with Crippen LogP contribution in [0.15, 0.2) is 11.6 Å². The van der Waals surface area contributed by atoms with E-state index in [0.29, 0.717) is 25.2 Å². The third kappa shape index (κ3) is 5.96. The molecule has 0 amide bonds. The molecule has 1 heterocycles. The lowest BCUT2D eigenvalue weighted by Crippen LogP contribution is -2.63. The Morgan fingerprint density at radius 1 is 0.949 bits per heavy atom. The number of allylic oxidation sites excluding steroid dienone is 2. The summed E-state index contributed by atoms with van der Waals surface area (Å²) in [5, 5.41) is 12.5. The lowest BCUT2D eigenvalue weighted by atomic mass is 9.73. The van der Waals surface area contributed by atoms with E-state index >= 15 is 0 Å². The molecule has 12 heteroatoms. The molecule has 3 fully saturated rings. The summed E-state index contributed by atoms with van der Waals surface area (Å²) in [6.45, 7) is 5.11. The van der Waals surface area contributed by atoms with Gasteiger partial charge in [-0.15, -0.1) is 0 Å². The number of aliphatic hydroxyl groups is 1. The molecule has 6 nitrogen and oxygen atoms in total. The van der Waals surface area contributed by atoms with Gasteiger partial charge in [-0.2, -0.15) is 26.3 Å². The molecule has 0 radical (unpaired) electrons. The van der Waals surface area contributed by atoms with Crippen LogP contribution in [-0.4, -0.2) is 60.3 Å². The second-order valence-electron chi connectivity index (χ2n) is 12.2. The van der Waals surface area contributed by atoms with Crippen LogP contribution in [0, 0.1) is 35.5 Å². The predicted molar refractivity (Wildman–Crippen MR) is 127 cm³/mol. The Bertz CT molecular complexity index is 941. The molecule has 4 aliphatic rings. The maximum absolute atomic E-state index is 13.1. The summed E-state index contributed by atoms with van der Waals surface area (Å²) in [7, 11) is 0. The zero-order chi connectivity index (χ0) is 28.8. The zero-order valence-electron chi connectivity index (χ0n) is 22.2. The fourth-order valence-electron chi connectivity index (χ4n) is 7.01. The largest absolute Gasteiger partial charge is 0.463 e. The predicted octanol–water partition coefficient (Wildman–Crippen LogP) is 5.10. The van der Waals surface area contributed by atoms with Gasteiger partial charge in [0, 0.05) is 5.92 Å². The first-order valence-electron chi connectivity index (χ1n) is 13.7. The highest BCUT2D eigenvalue weighted by Crippen LogP contribution is 2.53. The van der Waals surface area contributed by atoms with Crippen LogP contribution in [0.1, 0.15) is 65.2 Å². The number of rotatable bonds is 7. The minimum atomic E-state index is -6.26.